The number of anilines is 1. The van der Waals surface area contributed by atoms with E-state index in [9.17, 15) is 13.2 Å². The molecule has 2 heterocycles. The summed E-state index contributed by atoms with van der Waals surface area (Å²) in [6, 6.07) is 8.33. The fourth-order valence-corrected chi connectivity index (χ4v) is 6.36. The molecule has 1 aliphatic heterocycles. The second kappa shape index (κ2) is 8.68. The topological polar surface area (TPSA) is 92.3 Å². The smallest absolute Gasteiger partial charge is 0.243 e. The number of piperidine rings is 1. The van der Waals surface area contributed by atoms with E-state index in [4.69, 9.17) is 0 Å². The van der Waals surface area contributed by atoms with Gasteiger partial charge in [-0.15, -0.1) is 10.2 Å². The number of thioether (sulfide) groups is 1. The van der Waals surface area contributed by atoms with Crippen LogP contribution in [0.15, 0.2) is 39.6 Å². The van der Waals surface area contributed by atoms with Gasteiger partial charge in [-0.2, -0.15) is 4.31 Å². The van der Waals surface area contributed by atoms with Crippen molar-refractivity contribution in [3.05, 3.63) is 30.3 Å². The average Bonchev–Trinajstić information content (AvgIpc) is 3.08. The highest BCUT2D eigenvalue weighted by atomic mass is 32.2. The van der Waals surface area contributed by atoms with Crippen LogP contribution in [0.4, 0.5) is 5.13 Å². The average molecular weight is 427 g/mol. The first-order valence-electron chi connectivity index (χ1n) is 8.72. The summed E-state index contributed by atoms with van der Waals surface area (Å²) in [5, 5.41) is 11.7. The molecule has 1 aliphatic rings. The lowest BCUT2D eigenvalue weighted by Crippen LogP contribution is -2.43. The molecule has 1 amide bonds. The number of carbonyl (C=O) groups excluding carboxylic acids is 1. The van der Waals surface area contributed by atoms with Crippen molar-refractivity contribution in [1.29, 1.82) is 0 Å². The van der Waals surface area contributed by atoms with Crippen molar-refractivity contribution < 1.29 is 13.2 Å². The van der Waals surface area contributed by atoms with Gasteiger partial charge in [0, 0.05) is 18.3 Å². The van der Waals surface area contributed by atoms with Crippen LogP contribution in [-0.4, -0.2) is 47.2 Å². The third-order valence-electron chi connectivity index (χ3n) is 4.11. The van der Waals surface area contributed by atoms with Crippen LogP contribution in [0.3, 0.4) is 0 Å². The Labute approximate surface area is 167 Å². The second-order valence-electron chi connectivity index (χ2n) is 6.54. The van der Waals surface area contributed by atoms with Crippen LogP contribution in [0.25, 0.3) is 0 Å². The minimum atomic E-state index is -3.59. The van der Waals surface area contributed by atoms with Crippen molar-refractivity contribution in [2.75, 3.05) is 18.4 Å². The van der Waals surface area contributed by atoms with Crippen LogP contribution < -0.4 is 5.32 Å². The van der Waals surface area contributed by atoms with E-state index in [0.717, 1.165) is 4.34 Å². The summed E-state index contributed by atoms with van der Waals surface area (Å²) in [5.74, 6) is -0.609. The Morgan fingerprint density at radius 3 is 2.74 bits per heavy atom. The zero-order valence-corrected chi connectivity index (χ0v) is 17.6. The number of nitrogens with zero attached hydrogens (tertiary/aromatic N) is 3. The maximum atomic E-state index is 12.8. The van der Waals surface area contributed by atoms with Crippen LogP contribution >= 0.6 is 23.1 Å². The summed E-state index contributed by atoms with van der Waals surface area (Å²) >= 11 is 2.92. The van der Waals surface area contributed by atoms with Crippen molar-refractivity contribution in [3.8, 4) is 0 Å². The van der Waals surface area contributed by atoms with Crippen molar-refractivity contribution in [1.82, 2.24) is 14.5 Å². The molecule has 1 saturated heterocycles. The summed E-state index contributed by atoms with van der Waals surface area (Å²) in [5.41, 5.74) is 0. The Hall–Kier alpha value is -1.49. The van der Waals surface area contributed by atoms with Crippen LogP contribution in [0.2, 0.25) is 0 Å². The zero-order valence-electron chi connectivity index (χ0n) is 15.2. The molecule has 7 nitrogen and oxygen atoms in total. The summed E-state index contributed by atoms with van der Waals surface area (Å²) < 4.78 is 27.8. The van der Waals surface area contributed by atoms with Crippen LogP contribution in [-0.2, 0) is 14.8 Å². The van der Waals surface area contributed by atoms with Gasteiger partial charge in [0.05, 0.1) is 10.8 Å². The molecular weight excluding hydrogens is 404 g/mol. The highest BCUT2D eigenvalue weighted by molar-refractivity contribution is 8.01. The quantitative estimate of drug-likeness (QED) is 0.564. The van der Waals surface area contributed by atoms with E-state index in [0.29, 0.717) is 29.8 Å². The molecule has 2 aromatic rings. The first kappa shape index (κ1) is 20.2. The molecule has 0 radical (unpaired) electrons. The molecule has 1 atom stereocenters. The highest BCUT2D eigenvalue weighted by Gasteiger charge is 2.33. The number of aromatic nitrogens is 2. The van der Waals surface area contributed by atoms with Gasteiger partial charge in [-0.1, -0.05) is 55.1 Å². The molecule has 1 aromatic carbocycles. The Morgan fingerprint density at radius 2 is 2.04 bits per heavy atom. The Morgan fingerprint density at radius 1 is 1.30 bits per heavy atom. The number of nitrogens with one attached hydrogen (secondary N) is 1. The normalized spacial score (nSPS) is 18.6. The van der Waals surface area contributed by atoms with E-state index in [-0.39, 0.29) is 17.3 Å². The van der Waals surface area contributed by atoms with Gasteiger partial charge in [-0.25, -0.2) is 8.42 Å². The Balaban J connectivity index is 1.65. The van der Waals surface area contributed by atoms with Gasteiger partial charge in [0.1, 0.15) is 0 Å². The van der Waals surface area contributed by atoms with E-state index >= 15 is 0 Å². The summed E-state index contributed by atoms with van der Waals surface area (Å²) in [4.78, 5) is 12.9. The molecule has 0 unspecified atom stereocenters. The molecule has 0 aliphatic carbocycles. The molecule has 1 aromatic heterocycles. The van der Waals surface area contributed by atoms with Gasteiger partial charge in [0.25, 0.3) is 0 Å². The predicted octanol–water partition coefficient (Wildman–Crippen LogP) is 3.08. The van der Waals surface area contributed by atoms with Gasteiger partial charge in [-0.3, -0.25) is 4.79 Å². The van der Waals surface area contributed by atoms with E-state index in [1.54, 1.807) is 42.1 Å². The van der Waals surface area contributed by atoms with E-state index < -0.39 is 15.9 Å². The number of hydrogen-bond acceptors (Lipinski definition) is 7. The SMILES string of the molecule is CC(C)Sc1nnc(NC(=O)[C@@H]2CCCN(S(=O)(=O)c3ccccc3)C2)s1. The lowest BCUT2D eigenvalue weighted by molar-refractivity contribution is -0.120. The molecular formula is C17H22N4O3S3. The molecule has 146 valence electrons. The van der Waals surface area contributed by atoms with Crippen molar-refractivity contribution >= 4 is 44.2 Å². The number of benzene rings is 1. The Kier molecular flexibility index (Phi) is 6.51. The zero-order chi connectivity index (χ0) is 19.4. The van der Waals surface area contributed by atoms with Crippen LogP contribution in [0.5, 0.6) is 0 Å². The maximum absolute atomic E-state index is 12.8. The maximum Gasteiger partial charge on any atom is 0.243 e. The standard InChI is InChI=1S/C17H22N4O3S3/c1-12(2)25-17-20-19-16(26-17)18-15(22)13-7-6-10-21(11-13)27(23,24)14-8-4-3-5-9-14/h3-5,8-9,12-13H,6-7,10-11H2,1-2H3,(H,18,19,22)/t13-/m1/s1. The summed E-state index contributed by atoms with van der Waals surface area (Å²) in [7, 11) is -3.59. The molecule has 3 rings (SSSR count). The van der Waals surface area contributed by atoms with E-state index in [1.165, 1.54) is 15.6 Å². The molecule has 1 fully saturated rings. The number of hydrogen-bond donors (Lipinski definition) is 1. The summed E-state index contributed by atoms with van der Waals surface area (Å²) in [6.45, 7) is 4.73. The van der Waals surface area contributed by atoms with E-state index in [1.807, 2.05) is 0 Å². The number of amides is 1. The molecule has 0 spiro atoms. The second-order valence-corrected chi connectivity index (χ2v) is 11.3. The molecule has 27 heavy (non-hydrogen) atoms. The third kappa shape index (κ3) is 5.07. The Bertz CT molecular complexity index is 884. The largest absolute Gasteiger partial charge is 0.300 e. The molecule has 0 saturated carbocycles. The van der Waals surface area contributed by atoms with Gasteiger partial charge in [0.2, 0.25) is 21.1 Å². The molecule has 0 bridgehead atoms. The number of carbonyl (C=O) groups is 1. The lowest BCUT2D eigenvalue weighted by Gasteiger charge is -2.31. The highest BCUT2D eigenvalue weighted by Crippen LogP contribution is 2.29. The third-order valence-corrected chi connectivity index (χ3v) is 7.92. The first-order valence-corrected chi connectivity index (χ1v) is 11.9. The van der Waals surface area contributed by atoms with Crippen LogP contribution in [0, 0.1) is 5.92 Å². The fourth-order valence-electron chi connectivity index (χ4n) is 2.83. The number of rotatable bonds is 6. The van der Waals surface area contributed by atoms with Gasteiger partial charge >= 0.3 is 0 Å². The fraction of sp³-hybridized carbons (Fsp3) is 0.471. The number of sulfonamides is 1. The molecule has 10 heteroatoms. The minimum Gasteiger partial charge on any atom is -0.300 e. The predicted molar refractivity (Wildman–Crippen MR) is 107 cm³/mol. The van der Waals surface area contributed by atoms with Gasteiger partial charge in [0.15, 0.2) is 4.34 Å². The minimum absolute atomic E-state index is 0.176. The summed E-state index contributed by atoms with van der Waals surface area (Å²) in [6.07, 6.45) is 1.30. The van der Waals surface area contributed by atoms with Gasteiger partial charge in [-0.05, 0) is 25.0 Å². The van der Waals surface area contributed by atoms with Crippen molar-refractivity contribution in [3.63, 3.8) is 0 Å². The van der Waals surface area contributed by atoms with Crippen molar-refractivity contribution in [2.24, 2.45) is 5.92 Å². The van der Waals surface area contributed by atoms with E-state index in [2.05, 4.69) is 29.4 Å². The first-order chi connectivity index (χ1) is 12.9. The van der Waals surface area contributed by atoms with Crippen LogP contribution in [0.1, 0.15) is 26.7 Å². The monoisotopic (exact) mass is 426 g/mol. The lowest BCUT2D eigenvalue weighted by atomic mass is 9.99. The van der Waals surface area contributed by atoms with Gasteiger partial charge < -0.3 is 5.32 Å². The molecule has 1 N–H and O–H groups in total. The van der Waals surface area contributed by atoms with Crippen molar-refractivity contribution in [2.45, 2.75) is 41.2 Å².